The second-order valence-electron chi connectivity index (χ2n) is 4.56. The van der Waals surface area contributed by atoms with Crippen molar-refractivity contribution in [3.63, 3.8) is 0 Å². The Morgan fingerprint density at radius 2 is 2.10 bits per heavy atom. The number of thiocarbonyl (C=S) groups is 1. The Hall–Kier alpha value is -1.11. The van der Waals surface area contributed by atoms with E-state index in [-0.39, 0.29) is 0 Å². The third kappa shape index (κ3) is 3.75. The van der Waals surface area contributed by atoms with Gasteiger partial charge in [-0.2, -0.15) is 5.10 Å². The van der Waals surface area contributed by atoms with Crippen molar-refractivity contribution in [2.75, 3.05) is 10.6 Å². The molecule has 0 aliphatic rings. The lowest BCUT2D eigenvalue weighted by atomic mass is 10.3. The van der Waals surface area contributed by atoms with Gasteiger partial charge in [-0.05, 0) is 51.2 Å². The molecular weight excluding hydrogens is 372 g/mol. The van der Waals surface area contributed by atoms with Gasteiger partial charge < -0.3 is 10.6 Å². The Morgan fingerprint density at radius 1 is 1.38 bits per heavy atom. The van der Waals surface area contributed by atoms with Crippen molar-refractivity contribution in [1.82, 2.24) is 9.78 Å². The molecule has 0 amide bonds. The highest BCUT2D eigenvalue weighted by atomic mass is 79.9. The monoisotopic (exact) mass is 386 g/mol. The average Bonchev–Trinajstić information content (AvgIpc) is 2.69. The zero-order valence-electron chi connectivity index (χ0n) is 12.0. The van der Waals surface area contributed by atoms with E-state index in [0.717, 1.165) is 33.8 Å². The molecule has 0 unspecified atom stereocenters. The van der Waals surface area contributed by atoms with Gasteiger partial charge in [-0.25, -0.2) is 0 Å². The Kier molecular flexibility index (Phi) is 5.24. The average molecular weight is 388 g/mol. The van der Waals surface area contributed by atoms with Crippen molar-refractivity contribution in [2.24, 2.45) is 0 Å². The molecule has 0 radical (unpaired) electrons. The topological polar surface area (TPSA) is 41.9 Å². The number of rotatable bonds is 3. The third-order valence-corrected chi connectivity index (χ3v) is 4.11. The van der Waals surface area contributed by atoms with Crippen LogP contribution in [0.2, 0.25) is 5.02 Å². The van der Waals surface area contributed by atoms with Crippen LogP contribution in [0.15, 0.2) is 22.7 Å². The highest BCUT2D eigenvalue weighted by Gasteiger charge is 2.12. The van der Waals surface area contributed by atoms with Crippen molar-refractivity contribution in [2.45, 2.75) is 27.3 Å². The molecule has 0 saturated carbocycles. The van der Waals surface area contributed by atoms with Crippen LogP contribution in [-0.4, -0.2) is 14.9 Å². The van der Waals surface area contributed by atoms with E-state index in [1.807, 2.05) is 36.7 Å². The molecule has 0 saturated heterocycles. The van der Waals surface area contributed by atoms with Crippen molar-refractivity contribution < 1.29 is 0 Å². The van der Waals surface area contributed by atoms with Gasteiger partial charge >= 0.3 is 0 Å². The molecule has 0 spiro atoms. The summed E-state index contributed by atoms with van der Waals surface area (Å²) in [6.45, 7) is 6.85. The quantitative estimate of drug-likeness (QED) is 0.746. The lowest BCUT2D eigenvalue weighted by Crippen LogP contribution is -2.20. The summed E-state index contributed by atoms with van der Waals surface area (Å²) in [5, 5.41) is 11.8. The zero-order chi connectivity index (χ0) is 15.6. The smallest absolute Gasteiger partial charge is 0.175 e. The molecule has 4 nitrogen and oxygen atoms in total. The first-order chi connectivity index (χ1) is 9.92. The molecule has 21 heavy (non-hydrogen) atoms. The highest BCUT2D eigenvalue weighted by molar-refractivity contribution is 9.10. The minimum atomic E-state index is 0.487. The van der Waals surface area contributed by atoms with E-state index >= 15 is 0 Å². The third-order valence-electron chi connectivity index (χ3n) is 3.10. The summed E-state index contributed by atoms with van der Waals surface area (Å²) >= 11 is 14.9. The molecule has 0 atom stereocenters. The van der Waals surface area contributed by atoms with Gasteiger partial charge in [0, 0.05) is 11.0 Å². The lowest BCUT2D eigenvalue weighted by molar-refractivity contribution is 0.634. The minimum absolute atomic E-state index is 0.487. The zero-order valence-corrected chi connectivity index (χ0v) is 15.2. The van der Waals surface area contributed by atoms with E-state index in [9.17, 15) is 0 Å². The summed E-state index contributed by atoms with van der Waals surface area (Å²) in [4.78, 5) is 0. The van der Waals surface area contributed by atoms with Gasteiger partial charge in [0.2, 0.25) is 0 Å². The predicted octanol–water partition coefficient (Wildman–Crippen LogP) is 4.74. The van der Waals surface area contributed by atoms with E-state index in [4.69, 9.17) is 23.8 Å². The molecule has 0 fully saturated rings. The molecule has 2 N–H and O–H groups in total. The fourth-order valence-electron chi connectivity index (χ4n) is 2.04. The summed E-state index contributed by atoms with van der Waals surface area (Å²) in [5.74, 6) is 0. The van der Waals surface area contributed by atoms with Gasteiger partial charge in [0.15, 0.2) is 5.11 Å². The maximum atomic E-state index is 6.17. The maximum Gasteiger partial charge on any atom is 0.175 e. The Balaban J connectivity index is 2.13. The standard InChI is InChI=1S/C14H16BrClN4S/c1-4-20-9(3)13(8(2)19-20)18-14(21)17-12-6-5-10(15)7-11(12)16/h5-7H,4H2,1-3H3,(H2,17,18,21). The van der Waals surface area contributed by atoms with E-state index in [1.165, 1.54) is 0 Å². The van der Waals surface area contributed by atoms with Crippen molar-refractivity contribution in [1.29, 1.82) is 0 Å². The second-order valence-corrected chi connectivity index (χ2v) is 6.30. The van der Waals surface area contributed by atoms with Gasteiger partial charge in [-0.3, -0.25) is 4.68 Å². The molecule has 0 bridgehead atoms. The molecule has 0 aliphatic carbocycles. The Labute approximate surface area is 143 Å². The number of aryl methyl sites for hydroxylation is 2. The fraction of sp³-hybridized carbons (Fsp3) is 0.286. The molecule has 1 aromatic heterocycles. The summed E-state index contributed by atoms with van der Waals surface area (Å²) in [6.07, 6.45) is 0. The number of nitrogens with zero attached hydrogens (tertiary/aromatic N) is 2. The lowest BCUT2D eigenvalue weighted by Gasteiger charge is -2.12. The number of hydrogen-bond donors (Lipinski definition) is 2. The van der Waals surface area contributed by atoms with Crippen LogP contribution in [0.25, 0.3) is 0 Å². The summed E-state index contributed by atoms with van der Waals surface area (Å²) in [5.41, 5.74) is 3.67. The van der Waals surface area contributed by atoms with E-state index < -0.39 is 0 Å². The first kappa shape index (κ1) is 16.3. The molecular formula is C14H16BrClN4S. The summed E-state index contributed by atoms with van der Waals surface area (Å²) < 4.78 is 2.86. The van der Waals surface area contributed by atoms with Crippen LogP contribution in [0.3, 0.4) is 0 Å². The van der Waals surface area contributed by atoms with Gasteiger partial charge in [0.05, 0.1) is 27.8 Å². The fourth-order valence-corrected chi connectivity index (χ4v) is 2.98. The van der Waals surface area contributed by atoms with Crippen LogP contribution in [-0.2, 0) is 6.54 Å². The Bertz CT molecular complexity index is 684. The molecule has 0 aliphatic heterocycles. The highest BCUT2D eigenvalue weighted by Crippen LogP contribution is 2.26. The first-order valence-corrected chi connectivity index (χ1v) is 8.07. The van der Waals surface area contributed by atoms with Crippen molar-refractivity contribution in [3.8, 4) is 0 Å². The number of hydrogen-bond acceptors (Lipinski definition) is 2. The van der Waals surface area contributed by atoms with Gasteiger partial charge in [-0.15, -0.1) is 0 Å². The van der Waals surface area contributed by atoms with E-state index in [1.54, 1.807) is 0 Å². The van der Waals surface area contributed by atoms with Crippen LogP contribution in [0, 0.1) is 13.8 Å². The number of nitrogens with one attached hydrogen (secondary N) is 2. The number of anilines is 2. The number of halogens is 2. The van der Waals surface area contributed by atoms with Crippen LogP contribution < -0.4 is 10.6 Å². The predicted molar refractivity (Wildman–Crippen MR) is 96.4 cm³/mol. The second kappa shape index (κ2) is 6.77. The van der Waals surface area contributed by atoms with Crippen LogP contribution in [0.1, 0.15) is 18.3 Å². The molecule has 2 rings (SSSR count). The van der Waals surface area contributed by atoms with Gasteiger partial charge in [-0.1, -0.05) is 27.5 Å². The summed E-state index contributed by atoms with van der Waals surface area (Å²) in [6, 6.07) is 5.59. The van der Waals surface area contributed by atoms with Gasteiger partial charge in [0.25, 0.3) is 0 Å². The molecule has 1 aromatic carbocycles. The first-order valence-electron chi connectivity index (χ1n) is 6.49. The van der Waals surface area contributed by atoms with E-state index in [0.29, 0.717) is 10.1 Å². The number of aromatic nitrogens is 2. The Morgan fingerprint density at radius 3 is 2.67 bits per heavy atom. The molecule has 2 aromatic rings. The normalized spacial score (nSPS) is 10.5. The number of benzene rings is 1. The molecule has 112 valence electrons. The van der Waals surface area contributed by atoms with Crippen LogP contribution in [0.5, 0.6) is 0 Å². The van der Waals surface area contributed by atoms with Crippen LogP contribution in [0.4, 0.5) is 11.4 Å². The van der Waals surface area contributed by atoms with Gasteiger partial charge in [0.1, 0.15) is 0 Å². The van der Waals surface area contributed by atoms with Crippen molar-refractivity contribution in [3.05, 3.63) is 39.1 Å². The largest absolute Gasteiger partial charge is 0.331 e. The summed E-state index contributed by atoms with van der Waals surface area (Å²) in [7, 11) is 0. The van der Waals surface area contributed by atoms with Crippen LogP contribution >= 0.6 is 39.7 Å². The van der Waals surface area contributed by atoms with E-state index in [2.05, 4.69) is 38.6 Å². The maximum absolute atomic E-state index is 6.17. The minimum Gasteiger partial charge on any atom is -0.331 e. The molecule has 7 heteroatoms. The SMILES string of the molecule is CCn1nc(C)c(NC(=S)Nc2ccc(Br)cc2Cl)c1C. The molecule has 1 heterocycles. The van der Waals surface area contributed by atoms with Crippen molar-refractivity contribution >= 4 is 56.2 Å².